The lowest BCUT2D eigenvalue weighted by Gasteiger charge is -2.45. The maximum atomic E-state index is 6.53. The molecule has 0 fully saturated rings. The zero-order valence-electron chi connectivity index (χ0n) is 38.5. The van der Waals surface area contributed by atoms with E-state index in [0.717, 1.165) is 44.4 Å². The second-order valence-corrected chi connectivity index (χ2v) is 21.1. The van der Waals surface area contributed by atoms with Crippen LogP contribution < -0.4 is 26.2 Å². The first-order valence-electron chi connectivity index (χ1n) is 22.9. The van der Waals surface area contributed by atoms with Crippen molar-refractivity contribution < 1.29 is 4.42 Å². The molecule has 64 heavy (non-hydrogen) atoms. The Morgan fingerprint density at radius 1 is 0.391 bits per heavy atom. The standard InChI is InChI=1S/C60H55BN2O/c1-58(2,3)41-24-30-45(31-25-41)63-52-37-43(60(7,8)9)27-33-50(52)61-49-32-26-42(59(4,5)6)36-51(49)62(53-34-40(35-54(63)56(53)61)38-16-11-10-12-17-38)44-28-22-39(23-29-44)46-19-15-20-48-47-18-13-14-21-55(47)64-57(46)48/h10-37H,1-9H3. The molecule has 0 saturated carbocycles. The van der Waals surface area contributed by atoms with Gasteiger partial charge < -0.3 is 14.2 Å². The second kappa shape index (κ2) is 14.4. The van der Waals surface area contributed by atoms with Crippen LogP contribution in [-0.4, -0.2) is 6.71 Å². The number of hydrogen-bond acceptors (Lipinski definition) is 3. The highest BCUT2D eigenvalue weighted by Crippen LogP contribution is 2.48. The van der Waals surface area contributed by atoms with Crippen LogP contribution in [0.2, 0.25) is 0 Å². The smallest absolute Gasteiger partial charge is 0.252 e. The molecule has 0 radical (unpaired) electrons. The van der Waals surface area contributed by atoms with E-state index in [1.54, 1.807) is 0 Å². The number of para-hydroxylation sites is 2. The van der Waals surface area contributed by atoms with Crippen molar-refractivity contribution in [1.29, 1.82) is 0 Å². The zero-order chi connectivity index (χ0) is 44.3. The number of anilines is 6. The van der Waals surface area contributed by atoms with E-state index in [1.807, 2.05) is 6.07 Å². The van der Waals surface area contributed by atoms with Crippen molar-refractivity contribution in [1.82, 2.24) is 0 Å². The van der Waals surface area contributed by atoms with Crippen molar-refractivity contribution in [2.24, 2.45) is 0 Å². The molecule has 314 valence electrons. The third-order valence-electron chi connectivity index (χ3n) is 13.7. The molecule has 0 N–H and O–H groups in total. The Balaban J connectivity index is 1.18. The van der Waals surface area contributed by atoms with E-state index in [4.69, 9.17) is 4.42 Å². The maximum absolute atomic E-state index is 6.53. The zero-order valence-corrected chi connectivity index (χ0v) is 38.5. The molecule has 0 bridgehead atoms. The molecule has 3 heterocycles. The quantitative estimate of drug-likeness (QED) is 0.165. The molecule has 0 amide bonds. The van der Waals surface area contributed by atoms with E-state index < -0.39 is 0 Å². The van der Waals surface area contributed by atoms with Crippen LogP contribution in [0.25, 0.3) is 44.2 Å². The van der Waals surface area contributed by atoms with Crippen LogP contribution in [0.3, 0.4) is 0 Å². The Hall–Kier alpha value is -6.78. The van der Waals surface area contributed by atoms with Crippen LogP contribution in [0.4, 0.5) is 34.1 Å². The average Bonchev–Trinajstić information content (AvgIpc) is 3.67. The SMILES string of the molecule is CC(C)(C)c1ccc(N2c3cc(C(C)(C)C)ccc3B3c4ccc(C(C)(C)C)cc4N(c4ccc(-c5cccc6c5oc5ccccc56)cc4)c4cc(-c5ccccc5)cc2c43)cc1. The normalized spacial score (nSPS) is 13.6. The summed E-state index contributed by atoms with van der Waals surface area (Å²) >= 11 is 0. The number of benzene rings is 8. The number of rotatable bonds is 4. The Morgan fingerprint density at radius 3 is 1.45 bits per heavy atom. The minimum atomic E-state index is -0.0464. The van der Waals surface area contributed by atoms with Gasteiger partial charge in [-0.3, -0.25) is 0 Å². The van der Waals surface area contributed by atoms with Crippen LogP contribution in [0.15, 0.2) is 174 Å². The van der Waals surface area contributed by atoms with Crippen molar-refractivity contribution in [2.45, 2.75) is 78.6 Å². The van der Waals surface area contributed by atoms with Gasteiger partial charge in [0.15, 0.2) is 0 Å². The second-order valence-electron chi connectivity index (χ2n) is 21.1. The van der Waals surface area contributed by atoms with Crippen molar-refractivity contribution >= 4 is 79.2 Å². The van der Waals surface area contributed by atoms with E-state index >= 15 is 0 Å². The van der Waals surface area contributed by atoms with Crippen LogP contribution >= 0.6 is 0 Å². The first-order valence-corrected chi connectivity index (χ1v) is 22.9. The molecule has 0 spiro atoms. The molecule has 1 aromatic heterocycles. The van der Waals surface area contributed by atoms with Gasteiger partial charge in [0.25, 0.3) is 6.71 Å². The van der Waals surface area contributed by atoms with E-state index in [2.05, 4.69) is 236 Å². The van der Waals surface area contributed by atoms with Gasteiger partial charge in [-0.05, 0) is 121 Å². The summed E-state index contributed by atoms with van der Waals surface area (Å²) in [5.74, 6) is 0. The molecule has 8 aromatic carbocycles. The molecule has 0 unspecified atom stereocenters. The van der Waals surface area contributed by atoms with Gasteiger partial charge in [-0.2, -0.15) is 0 Å². The molecule has 0 atom stereocenters. The minimum Gasteiger partial charge on any atom is -0.455 e. The van der Waals surface area contributed by atoms with E-state index in [9.17, 15) is 0 Å². The van der Waals surface area contributed by atoms with Crippen molar-refractivity contribution in [3.05, 3.63) is 187 Å². The molecule has 3 nitrogen and oxygen atoms in total. The summed E-state index contributed by atoms with van der Waals surface area (Å²) in [6.07, 6.45) is 0. The molecule has 0 aliphatic carbocycles. The van der Waals surface area contributed by atoms with Crippen LogP contribution in [0.1, 0.15) is 79.0 Å². The molecule has 9 aromatic rings. The maximum Gasteiger partial charge on any atom is 0.252 e. The van der Waals surface area contributed by atoms with Crippen molar-refractivity contribution in [2.75, 3.05) is 9.80 Å². The average molecular weight is 831 g/mol. The minimum absolute atomic E-state index is 0.0224. The summed E-state index contributed by atoms with van der Waals surface area (Å²) in [6.45, 7) is 20.8. The summed E-state index contributed by atoms with van der Waals surface area (Å²) in [7, 11) is 0. The summed E-state index contributed by atoms with van der Waals surface area (Å²) in [5, 5.41) is 2.28. The molecule has 0 saturated heterocycles. The summed E-state index contributed by atoms with van der Waals surface area (Å²) in [6, 6.07) is 63.7. The van der Waals surface area contributed by atoms with Crippen LogP contribution in [-0.2, 0) is 16.2 Å². The van der Waals surface area contributed by atoms with E-state index in [-0.39, 0.29) is 23.0 Å². The summed E-state index contributed by atoms with van der Waals surface area (Å²) in [5.41, 5.74) is 21.5. The predicted molar refractivity (Wildman–Crippen MR) is 275 cm³/mol. The fraction of sp³-hybridized carbons (Fsp3) is 0.200. The number of hydrogen-bond donors (Lipinski definition) is 0. The molecule has 11 rings (SSSR count). The first kappa shape index (κ1) is 40.0. The third kappa shape index (κ3) is 6.49. The predicted octanol–water partition coefficient (Wildman–Crippen LogP) is 14.9. The Kier molecular flexibility index (Phi) is 8.99. The number of nitrogens with zero attached hydrogens (tertiary/aromatic N) is 2. The highest BCUT2D eigenvalue weighted by Gasteiger charge is 2.44. The Labute approximate surface area is 379 Å². The Morgan fingerprint density at radius 2 is 0.891 bits per heavy atom. The Bertz CT molecular complexity index is 3270. The van der Waals surface area contributed by atoms with Crippen LogP contribution in [0, 0.1) is 0 Å². The van der Waals surface area contributed by atoms with Gasteiger partial charge in [0.2, 0.25) is 0 Å². The third-order valence-corrected chi connectivity index (χ3v) is 13.7. The molecular formula is C60H55BN2O. The van der Waals surface area contributed by atoms with Crippen molar-refractivity contribution in [3.63, 3.8) is 0 Å². The van der Waals surface area contributed by atoms with E-state index in [1.165, 1.54) is 67.0 Å². The summed E-state index contributed by atoms with van der Waals surface area (Å²) < 4.78 is 6.53. The fourth-order valence-corrected chi connectivity index (χ4v) is 10.2. The van der Waals surface area contributed by atoms with Gasteiger partial charge >= 0.3 is 0 Å². The number of furan rings is 1. The highest BCUT2D eigenvalue weighted by molar-refractivity contribution is 7.00. The first-order chi connectivity index (χ1) is 30.6. The lowest BCUT2D eigenvalue weighted by atomic mass is 9.33. The summed E-state index contributed by atoms with van der Waals surface area (Å²) in [4.78, 5) is 5.11. The van der Waals surface area contributed by atoms with Gasteiger partial charge in [0.05, 0.1) is 0 Å². The lowest BCUT2D eigenvalue weighted by molar-refractivity contribution is 0.590. The molecule has 4 heteroatoms. The molecular weight excluding hydrogens is 775 g/mol. The van der Waals surface area contributed by atoms with Gasteiger partial charge in [0.1, 0.15) is 11.2 Å². The van der Waals surface area contributed by atoms with Gasteiger partial charge in [-0.25, -0.2) is 0 Å². The van der Waals surface area contributed by atoms with Gasteiger partial charge in [-0.15, -0.1) is 0 Å². The topological polar surface area (TPSA) is 19.6 Å². The van der Waals surface area contributed by atoms with Gasteiger partial charge in [0, 0.05) is 50.5 Å². The van der Waals surface area contributed by atoms with Crippen molar-refractivity contribution in [3.8, 4) is 22.3 Å². The molecule has 2 aliphatic rings. The van der Waals surface area contributed by atoms with E-state index in [0.29, 0.717) is 0 Å². The van der Waals surface area contributed by atoms with Gasteiger partial charge in [-0.1, -0.05) is 178 Å². The lowest BCUT2D eigenvalue weighted by Crippen LogP contribution is -2.61. The largest absolute Gasteiger partial charge is 0.455 e. The van der Waals surface area contributed by atoms with Crippen LogP contribution in [0.5, 0.6) is 0 Å². The molecule has 2 aliphatic heterocycles. The monoisotopic (exact) mass is 830 g/mol. The fourth-order valence-electron chi connectivity index (χ4n) is 10.2. The number of fused-ring (bicyclic) bond motifs is 7. The highest BCUT2D eigenvalue weighted by atomic mass is 16.3.